The van der Waals surface area contributed by atoms with Gasteiger partial charge < -0.3 is 14.8 Å². The normalized spacial score (nSPS) is 30.4. The van der Waals surface area contributed by atoms with E-state index < -0.39 is 0 Å². The number of hydrogen-bond donors (Lipinski definition) is 1. The lowest BCUT2D eigenvalue weighted by atomic mass is 10.0. The zero-order chi connectivity index (χ0) is 12.4. The van der Waals surface area contributed by atoms with E-state index in [0.717, 1.165) is 18.4 Å². The molecular formula is C14H20N2O2. The van der Waals surface area contributed by atoms with Gasteiger partial charge in [-0.25, -0.2) is 4.98 Å². The molecular weight excluding hydrogens is 228 g/mol. The van der Waals surface area contributed by atoms with Crippen molar-refractivity contribution in [3.05, 3.63) is 23.9 Å². The van der Waals surface area contributed by atoms with Gasteiger partial charge in [0, 0.05) is 23.8 Å². The van der Waals surface area contributed by atoms with Gasteiger partial charge in [-0.1, -0.05) is 0 Å². The van der Waals surface area contributed by atoms with Crippen molar-refractivity contribution in [2.75, 3.05) is 7.11 Å². The highest BCUT2D eigenvalue weighted by atomic mass is 16.5. The van der Waals surface area contributed by atoms with Crippen LogP contribution in [0.15, 0.2) is 18.3 Å². The standard InChI is InChI=1S/C14H20N2O2/c1-17-14-10(3-2-6-15-14)9-18-13-7-11-4-5-12(8-13)16-11/h2-3,6,11-13,16H,4-5,7-9H2,1H3. The molecule has 4 heteroatoms. The van der Waals surface area contributed by atoms with E-state index in [2.05, 4.69) is 10.3 Å². The van der Waals surface area contributed by atoms with Crippen molar-refractivity contribution in [2.45, 2.75) is 50.5 Å². The number of nitrogens with one attached hydrogen (secondary N) is 1. The highest BCUT2D eigenvalue weighted by Crippen LogP contribution is 2.29. The summed E-state index contributed by atoms with van der Waals surface area (Å²) < 4.78 is 11.3. The van der Waals surface area contributed by atoms with Crippen LogP contribution in [-0.4, -0.2) is 30.3 Å². The highest BCUT2D eigenvalue weighted by Gasteiger charge is 2.33. The fourth-order valence-electron chi connectivity index (χ4n) is 3.07. The second-order valence-corrected chi connectivity index (χ2v) is 5.21. The van der Waals surface area contributed by atoms with Crippen molar-refractivity contribution >= 4 is 0 Å². The van der Waals surface area contributed by atoms with E-state index in [1.807, 2.05) is 12.1 Å². The van der Waals surface area contributed by atoms with Gasteiger partial charge in [0.2, 0.25) is 5.88 Å². The Labute approximate surface area is 108 Å². The molecule has 3 heterocycles. The molecule has 0 spiro atoms. The Balaban J connectivity index is 1.58. The third-order valence-electron chi connectivity index (χ3n) is 3.95. The van der Waals surface area contributed by atoms with Crippen LogP contribution in [0.5, 0.6) is 5.88 Å². The molecule has 0 aromatic carbocycles. The largest absolute Gasteiger partial charge is 0.481 e. The van der Waals surface area contributed by atoms with Gasteiger partial charge in [-0.05, 0) is 37.8 Å². The molecule has 0 aliphatic carbocycles. The predicted octanol–water partition coefficient (Wildman–Crippen LogP) is 1.89. The lowest BCUT2D eigenvalue weighted by Crippen LogP contribution is -2.41. The highest BCUT2D eigenvalue weighted by molar-refractivity contribution is 5.24. The minimum atomic E-state index is 0.383. The van der Waals surface area contributed by atoms with Gasteiger partial charge in [0.05, 0.1) is 19.8 Å². The van der Waals surface area contributed by atoms with Crippen LogP contribution in [0.3, 0.4) is 0 Å². The van der Waals surface area contributed by atoms with Crippen molar-refractivity contribution in [2.24, 2.45) is 0 Å². The lowest BCUT2D eigenvalue weighted by molar-refractivity contribution is 0.00823. The Bertz CT molecular complexity index is 399. The van der Waals surface area contributed by atoms with Gasteiger partial charge in [0.25, 0.3) is 0 Å². The summed E-state index contributed by atoms with van der Waals surface area (Å²) >= 11 is 0. The van der Waals surface area contributed by atoms with E-state index in [9.17, 15) is 0 Å². The number of fused-ring (bicyclic) bond motifs is 2. The van der Waals surface area contributed by atoms with Crippen LogP contribution < -0.4 is 10.1 Å². The van der Waals surface area contributed by atoms with Crippen LogP contribution in [-0.2, 0) is 11.3 Å². The van der Waals surface area contributed by atoms with Crippen LogP contribution in [0.1, 0.15) is 31.2 Å². The van der Waals surface area contributed by atoms with Crippen molar-refractivity contribution in [3.63, 3.8) is 0 Å². The molecule has 0 saturated carbocycles. The van der Waals surface area contributed by atoms with Crippen molar-refractivity contribution in [1.29, 1.82) is 0 Å². The van der Waals surface area contributed by atoms with E-state index in [1.165, 1.54) is 12.8 Å². The van der Waals surface area contributed by atoms with Crippen LogP contribution in [0.2, 0.25) is 0 Å². The van der Waals surface area contributed by atoms with E-state index in [-0.39, 0.29) is 0 Å². The monoisotopic (exact) mass is 248 g/mol. The Morgan fingerprint density at radius 1 is 1.33 bits per heavy atom. The first kappa shape index (κ1) is 11.9. The number of rotatable bonds is 4. The quantitative estimate of drug-likeness (QED) is 0.883. The summed E-state index contributed by atoms with van der Waals surface area (Å²) in [5, 5.41) is 3.62. The fraction of sp³-hybridized carbons (Fsp3) is 0.643. The maximum Gasteiger partial charge on any atom is 0.218 e. The van der Waals surface area contributed by atoms with Crippen molar-refractivity contribution < 1.29 is 9.47 Å². The number of ether oxygens (including phenoxy) is 2. The minimum Gasteiger partial charge on any atom is -0.481 e. The van der Waals surface area contributed by atoms with Gasteiger partial charge in [0.15, 0.2) is 0 Å². The summed E-state index contributed by atoms with van der Waals surface area (Å²) in [5.74, 6) is 0.675. The Morgan fingerprint density at radius 3 is 2.83 bits per heavy atom. The average molecular weight is 248 g/mol. The SMILES string of the molecule is COc1ncccc1COC1CC2CCC(C1)N2. The second-order valence-electron chi connectivity index (χ2n) is 5.21. The lowest BCUT2D eigenvalue weighted by Gasteiger charge is -2.29. The smallest absolute Gasteiger partial charge is 0.218 e. The third-order valence-corrected chi connectivity index (χ3v) is 3.95. The minimum absolute atomic E-state index is 0.383. The fourth-order valence-corrected chi connectivity index (χ4v) is 3.07. The van der Waals surface area contributed by atoms with Gasteiger partial charge >= 0.3 is 0 Å². The summed E-state index contributed by atoms with van der Waals surface area (Å²) in [6.45, 7) is 0.598. The summed E-state index contributed by atoms with van der Waals surface area (Å²) in [6, 6.07) is 5.28. The molecule has 2 unspecified atom stereocenters. The molecule has 18 heavy (non-hydrogen) atoms. The predicted molar refractivity (Wildman–Crippen MR) is 68.5 cm³/mol. The van der Waals surface area contributed by atoms with Gasteiger partial charge in [-0.3, -0.25) is 0 Å². The number of hydrogen-bond acceptors (Lipinski definition) is 4. The molecule has 1 N–H and O–H groups in total. The second kappa shape index (κ2) is 5.24. The molecule has 98 valence electrons. The maximum absolute atomic E-state index is 6.03. The first-order chi connectivity index (χ1) is 8.85. The number of methoxy groups -OCH3 is 1. The van der Waals surface area contributed by atoms with Gasteiger partial charge in [-0.15, -0.1) is 0 Å². The van der Waals surface area contributed by atoms with Gasteiger partial charge in [0.1, 0.15) is 0 Å². The molecule has 0 radical (unpaired) electrons. The third kappa shape index (κ3) is 2.49. The zero-order valence-corrected chi connectivity index (χ0v) is 10.8. The van der Waals surface area contributed by atoms with Gasteiger partial charge in [-0.2, -0.15) is 0 Å². The molecule has 2 aliphatic rings. The summed E-state index contributed by atoms with van der Waals surface area (Å²) in [4.78, 5) is 4.19. The molecule has 1 aromatic rings. The van der Waals surface area contributed by atoms with Crippen molar-refractivity contribution in [1.82, 2.24) is 10.3 Å². The molecule has 2 fully saturated rings. The number of piperidine rings is 1. The van der Waals surface area contributed by atoms with Crippen LogP contribution >= 0.6 is 0 Å². The molecule has 2 atom stereocenters. The molecule has 2 aliphatic heterocycles. The maximum atomic E-state index is 6.03. The van der Waals surface area contributed by atoms with Crippen LogP contribution in [0.4, 0.5) is 0 Å². The molecule has 4 nitrogen and oxygen atoms in total. The first-order valence-corrected chi connectivity index (χ1v) is 6.70. The number of aromatic nitrogens is 1. The number of pyridine rings is 1. The van der Waals surface area contributed by atoms with E-state index in [4.69, 9.17) is 9.47 Å². The van der Waals surface area contributed by atoms with E-state index in [1.54, 1.807) is 13.3 Å². The average Bonchev–Trinajstić information content (AvgIpc) is 2.76. The zero-order valence-electron chi connectivity index (χ0n) is 10.8. The van der Waals surface area contributed by atoms with E-state index >= 15 is 0 Å². The topological polar surface area (TPSA) is 43.4 Å². The molecule has 0 amide bonds. The number of nitrogens with zero attached hydrogens (tertiary/aromatic N) is 1. The first-order valence-electron chi connectivity index (χ1n) is 6.70. The Kier molecular flexibility index (Phi) is 3.48. The van der Waals surface area contributed by atoms with Crippen LogP contribution in [0, 0.1) is 0 Å². The van der Waals surface area contributed by atoms with E-state index in [0.29, 0.717) is 30.7 Å². The van der Waals surface area contributed by atoms with Crippen molar-refractivity contribution in [3.8, 4) is 5.88 Å². The Hall–Kier alpha value is -1.13. The molecule has 2 saturated heterocycles. The van der Waals surface area contributed by atoms with Crippen LogP contribution in [0.25, 0.3) is 0 Å². The molecule has 2 bridgehead atoms. The Morgan fingerprint density at radius 2 is 2.11 bits per heavy atom. The molecule has 1 aromatic heterocycles. The summed E-state index contributed by atoms with van der Waals surface area (Å²) in [5.41, 5.74) is 1.03. The molecule has 3 rings (SSSR count). The summed E-state index contributed by atoms with van der Waals surface area (Å²) in [7, 11) is 1.65. The summed E-state index contributed by atoms with van der Waals surface area (Å²) in [6.07, 6.45) is 7.01.